The number of nitrogens with zero attached hydrogens (tertiary/aromatic N) is 3. The van der Waals surface area contributed by atoms with Crippen molar-refractivity contribution in [3.8, 4) is 6.07 Å². The number of amidine groups is 1. The summed E-state index contributed by atoms with van der Waals surface area (Å²) in [4.78, 5) is 18.8. The van der Waals surface area contributed by atoms with Crippen LogP contribution < -0.4 is 4.90 Å². The number of aliphatic imine (C=N–C) groups is 1. The standard InChI is InChI=1S/C21H18N4O2/c1-2-27-21(26)17(14-23)20-24-18-11-7-6-10-16(18)19(12-13-22)25(20)15-8-4-3-5-9-15/h3-11,19,23H,2,12H2,1H3. The van der Waals surface area contributed by atoms with Crippen molar-refractivity contribution in [1.29, 1.82) is 10.7 Å². The molecule has 0 aliphatic carbocycles. The Morgan fingerprint density at radius 2 is 1.93 bits per heavy atom. The Morgan fingerprint density at radius 3 is 2.59 bits per heavy atom. The molecule has 1 heterocycles. The number of para-hydroxylation sites is 2. The van der Waals surface area contributed by atoms with E-state index >= 15 is 0 Å². The number of esters is 1. The lowest BCUT2D eigenvalue weighted by Crippen LogP contribution is -2.40. The van der Waals surface area contributed by atoms with E-state index in [2.05, 4.69) is 16.9 Å². The van der Waals surface area contributed by atoms with Gasteiger partial charge in [-0.25, -0.2) is 9.79 Å². The molecule has 0 saturated heterocycles. The van der Waals surface area contributed by atoms with Crippen LogP contribution in [0.2, 0.25) is 0 Å². The van der Waals surface area contributed by atoms with Crippen LogP contribution >= 0.6 is 0 Å². The van der Waals surface area contributed by atoms with Crippen molar-refractivity contribution >= 4 is 29.0 Å². The van der Waals surface area contributed by atoms with Gasteiger partial charge in [0, 0.05) is 11.3 Å². The first-order valence-electron chi connectivity index (χ1n) is 8.57. The quantitative estimate of drug-likeness (QED) is 0.498. The first-order chi connectivity index (χ1) is 13.2. The van der Waals surface area contributed by atoms with Gasteiger partial charge in [-0.3, -0.25) is 5.41 Å². The van der Waals surface area contributed by atoms with Gasteiger partial charge in [0.25, 0.3) is 0 Å². The minimum atomic E-state index is -0.665. The van der Waals surface area contributed by atoms with E-state index in [1.807, 2.05) is 54.6 Å². The highest BCUT2D eigenvalue weighted by Gasteiger charge is 2.35. The summed E-state index contributed by atoms with van der Waals surface area (Å²) in [6.07, 6.45) is 0.193. The fraction of sp³-hybridized carbons (Fsp3) is 0.190. The third kappa shape index (κ3) is 3.50. The van der Waals surface area contributed by atoms with E-state index in [1.54, 1.807) is 11.8 Å². The molecule has 0 bridgehead atoms. The first-order valence-corrected chi connectivity index (χ1v) is 8.57. The Hall–Kier alpha value is -3.68. The van der Waals surface area contributed by atoms with Gasteiger partial charge in [0.15, 0.2) is 11.4 Å². The number of anilines is 1. The second-order valence-corrected chi connectivity index (χ2v) is 5.80. The molecule has 1 aliphatic rings. The lowest BCUT2D eigenvalue weighted by molar-refractivity contribution is -0.137. The molecule has 0 saturated carbocycles. The maximum atomic E-state index is 12.4. The molecule has 0 aromatic heterocycles. The molecule has 2 aromatic rings. The van der Waals surface area contributed by atoms with E-state index < -0.39 is 5.97 Å². The Balaban J connectivity index is 2.23. The summed E-state index contributed by atoms with van der Waals surface area (Å²) in [5.74, 6) is 1.78. The second kappa shape index (κ2) is 8.13. The van der Waals surface area contributed by atoms with Crippen LogP contribution in [0.1, 0.15) is 24.9 Å². The number of hydrogen-bond acceptors (Lipinski definition) is 6. The van der Waals surface area contributed by atoms with Crippen molar-refractivity contribution in [1.82, 2.24) is 0 Å². The number of nitrogens with one attached hydrogen (secondary N) is 1. The molecular formula is C21H18N4O2. The predicted octanol–water partition coefficient (Wildman–Crippen LogP) is 3.93. The Bertz CT molecular complexity index is 969. The van der Waals surface area contributed by atoms with Crippen molar-refractivity contribution in [2.75, 3.05) is 11.5 Å². The predicted molar refractivity (Wildman–Crippen MR) is 103 cm³/mol. The number of carbonyl (C=O) groups excluding carboxylic acids is 1. The van der Waals surface area contributed by atoms with Crippen LogP contribution in [0.3, 0.4) is 0 Å². The van der Waals surface area contributed by atoms with Crippen molar-refractivity contribution in [2.45, 2.75) is 19.4 Å². The second-order valence-electron chi connectivity index (χ2n) is 5.80. The average molecular weight is 358 g/mol. The maximum absolute atomic E-state index is 12.4. The minimum Gasteiger partial charge on any atom is -0.462 e. The van der Waals surface area contributed by atoms with Gasteiger partial charge in [-0.2, -0.15) is 5.26 Å². The van der Waals surface area contributed by atoms with Crippen molar-refractivity contribution in [3.05, 3.63) is 65.7 Å². The summed E-state index contributed by atoms with van der Waals surface area (Å²) in [5, 5.41) is 17.1. The molecule has 6 nitrogen and oxygen atoms in total. The zero-order chi connectivity index (χ0) is 19.2. The number of rotatable bonds is 5. The fourth-order valence-corrected chi connectivity index (χ4v) is 3.08. The van der Waals surface area contributed by atoms with Crippen LogP contribution in [0, 0.1) is 16.7 Å². The molecule has 134 valence electrons. The van der Waals surface area contributed by atoms with E-state index in [0.717, 1.165) is 11.3 Å². The molecule has 0 fully saturated rings. The molecule has 3 rings (SSSR count). The lowest BCUT2D eigenvalue weighted by Gasteiger charge is -2.37. The van der Waals surface area contributed by atoms with E-state index in [-0.39, 0.29) is 30.5 Å². The summed E-state index contributed by atoms with van der Waals surface area (Å²) in [5.41, 5.74) is 2.25. The molecule has 1 atom stereocenters. The van der Waals surface area contributed by atoms with Crippen LogP contribution in [0.4, 0.5) is 11.4 Å². The Labute approximate surface area is 157 Å². The largest absolute Gasteiger partial charge is 0.462 e. The van der Waals surface area contributed by atoms with Gasteiger partial charge in [0.1, 0.15) is 0 Å². The fourth-order valence-electron chi connectivity index (χ4n) is 3.08. The van der Waals surface area contributed by atoms with Crippen molar-refractivity contribution in [3.63, 3.8) is 0 Å². The van der Waals surface area contributed by atoms with Crippen molar-refractivity contribution < 1.29 is 9.53 Å². The van der Waals surface area contributed by atoms with E-state index in [9.17, 15) is 10.1 Å². The zero-order valence-corrected chi connectivity index (χ0v) is 14.8. The first kappa shape index (κ1) is 18.1. The van der Waals surface area contributed by atoms with E-state index in [1.165, 1.54) is 0 Å². The van der Waals surface area contributed by atoms with Gasteiger partial charge in [-0.05, 0) is 31.0 Å². The molecule has 0 radical (unpaired) electrons. The molecule has 0 spiro atoms. The highest BCUT2D eigenvalue weighted by atomic mass is 16.5. The van der Waals surface area contributed by atoms with Crippen LogP contribution in [0.15, 0.2) is 65.2 Å². The van der Waals surface area contributed by atoms with Gasteiger partial charge in [-0.15, -0.1) is 0 Å². The molecule has 1 unspecified atom stereocenters. The number of nitriles is 1. The summed E-state index contributed by atoms with van der Waals surface area (Å²) in [7, 11) is 0. The molecule has 27 heavy (non-hydrogen) atoms. The number of hydrogen-bond donors (Lipinski definition) is 1. The smallest absolute Gasteiger partial charge is 0.351 e. The summed E-state index contributed by atoms with van der Waals surface area (Å²) in [6, 6.07) is 18.7. The molecular weight excluding hydrogens is 340 g/mol. The molecule has 2 aromatic carbocycles. The Morgan fingerprint density at radius 1 is 1.22 bits per heavy atom. The summed E-state index contributed by atoms with van der Waals surface area (Å²) >= 11 is 0. The van der Waals surface area contributed by atoms with Gasteiger partial charge < -0.3 is 9.64 Å². The number of benzene rings is 2. The van der Waals surface area contributed by atoms with Crippen LogP contribution in [-0.4, -0.2) is 24.3 Å². The molecule has 1 aliphatic heterocycles. The minimum absolute atomic E-state index is 0.0712. The number of ether oxygens (including phenoxy) is 1. The lowest BCUT2D eigenvalue weighted by atomic mass is 9.96. The summed E-state index contributed by atoms with van der Waals surface area (Å²) in [6.45, 7) is 1.88. The van der Waals surface area contributed by atoms with E-state index in [4.69, 9.17) is 10.1 Å². The monoisotopic (exact) mass is 358 g/mol. The Kier molecular flexibility index (Phi) is 5.46. The average Bonchev–Trinajstić information content (AvgIpc) is 2.70. The van der Waals surface area contributed by atoms with Crippen LogP contribution in [-0.2, 0) is 9.53 Å². The maximum Gasteiger partial charge on any atom is 0.351 e. The number of fused-ring (bicyclic) bond motifs is 1. The normalized spacial score (nSPS) is 15.0. The molecule has 6 heteroatoms. The SMILES string of the molecule is CCOC(=O)C(=C=N)C1=Nc2ccccc2C(CC#N)N1c1ccccc1. The van der Waals surface area contributed by atoms with Gasteiger partial charge in [0.2, 0.25) is 0 Å². The van der Waals surface area contributed by atoms with Crippen LogP contribution in [0.25, 0.3) is 0 Å². The topological polar surface area (TPSA) is 89.5 Å². The van der Waals surface area contributed by atoms with Gasteiger partial charge >= 0.3 is 5.97 Å². The summed E-state index contributed by atoms with van der Waals surface area (Å²) < 4.78 is 5.08. The van der Waals surface area contributed by atoms with Gasteiger partial charge in [-0.1, -0.05) is 36.4 Å². The molecule has 1 N–H and O–H groups in total. The number of carbonyl (C=O) groups is 1. The third-order valence-electron chi connectivity index (χ3n) is 4.21. The zero-order valence-electron chi connectivity index (χ0n) is 14.8. The molecule has 0 amide bonds. The highest BCUT2D eigenvalue weighted by Crippen LogP contribution is 2.40. The van der Waals surface area contributed by atoms with Crippen molar-refractivity contribution in [2.24, 2.45) is 4.99 Å². The third-order valence-corrected chi connectivity index (χ3v) is 4.21. The van der Waals surface area contributed by atoms with Crippen LogP contribution in [0.5, 0.6) is 0 Å². The highest BCUT2D eigenvalue weighted by molar-refractivity contribution is 6.30. The van der Waals surface area contributed by atoms with E-state index in [0.29, 0.717) is 5.69 Å². The van der Waals surface area contributed by atoms with Gasteiger partial charge in [0.05, 0.1) is 30.8 Å².